The lowest BCUT2D eigenvalue weighted by molar-refractivity contribution is 0.216. The van der Waals surface area contributed by atoms with Crippen molar-refractivity contribution in [1.29, 1.82) is 0 Å². The number of carbonyl (C=O) groups excluding carboxylic acids is 1. The van der Waals surface area contributed by atoms with Crippen LogP contribution < -0.4 is 10.6 Å². The van der Waals surface area contributed by atoms with Crippen LogP contribution in [0.4, 0.5) is 4.79 Å². The fraction of sp³-hybridized carbons (Fsp3) is 0.533. The van der Waals surface area contributed by atoms with Gasteiger partial charge in [0.1, 0.15) is 0 Å². The molecule has 0 saturated heterocycles. The summed E-state index contributed by atoms with van der Waals surface area (Å²) in [5.74, 6) is 0.704. The Morgan fingerprint density at radius 3 is 2.53 bits per heavy atom. The highest BCUT2D eigenvalue weighted by Crippen LogP contribution is 2.36. The number of urea groups is 1. The summed E-state index contributed by atoms with van der Waals surface area (Å²) < 4.78 is 0. The van der Waals surface area contributed by atoms with Crippen molar-refractivity contribution in [3.8, 4) is 0 Å². The fourth-order valence-electron chi connectivity index (χ4n) is 2.39. The zero-order valence-electron chi connectivity index (χ0n) is 11.7. The number of hydrogen-bond donors (Lipinski definition) is 2. The first-order valence-electron chi connectivity index (χ1n) is 6.90. The second-order valence-corrected chi connectivity index (χ2v) is 5.36. The van der Waals surface area contributed by atoms with Crippen molar-refractivity contribution in [1.82, 2.24) is 15.5 Å². The molecular formula is C15H23N3O. The van der Waals surface area contributed by atoms with Crippen LogP contribution >= 0.6 is 0 Å². The van der Waals surface area contributed by atoms with Gasteiger partial charge in [0, 0.05) is 33.2 Å². The van der Waals surface area contributed by atoms with Crippen LogP contribution in [0.25, 0.3) is 0 Å². The molecule has 19 heavy (non-hydrogen) atoms. The van der Waals surface area contributed by atoms with Crippen molar-refractivity contribution in [2.45, 2.75) is 24.8 Å². The average molecular weight is 261 g/mol. The third kappa shape index (κ3) is 3.96. The third-order valence-corrected chi connectivity index (χ3v) is 3.65. The van der Waals surface area contributed by atoms with Gasteiger partial charge in [-0.05, 0) is 24.3 Å². The van der Waals surface area contributed by atoms with Crippen molar-refractivity contribution in [2.24, 2.45) is 0 Å². The van der Waals surface area contributed by atoms with Gasteiger partial charge in [-0.15, -0.1) is 0 Å². The van der Waals surface area contributed by atoms with E-state index in [4.69, 9.17) is 0 Å². The predicted molar refractivity (Wildman–Crippen MR) is 77.3 cm³/mol. The minimum atomic E-state index is -0.0300. The summed E-state index contributed by atoms with van der Waals surface area (Å²) in [5, 5.41) is 6.33. The van der Waals surface area contributed by atoms with Gasteiger partial charge in [-0.1, -0.05) is 30.3 Å². The maximum absolute atomic E-state index is 11.3. The van der Waals surface area contributed by atoms with Gasteiger partial charge < -0.3 is 15.5 Å². The Hall–Kier alpha value is -1.55. The molecule has 1 aromatic carbocycles. The topological polar surface area (TPSA) is 44.4 Å². The highest BCUT2D eigenvalue weighted by molar-refractivity contribution is 5.73. The van der Waals surface area contributed by atoms with Gasteiger partial charge in [0.15, 0.2) is 0 Å². The van der Waals surface area contributed by atoms with E-state index in [1.807, 2.05) is 0 Å². The van der Waals surface area contributed by atoms with Crippen molar-refractivity contribution in [2.75, 3.05) is 27.2 Å². The molecule has 0 atom stereocenters. The Morgan fingerprint density at radius 1 is 1.21 bits per heavy atom. The zero-order valence-corrected chi connectivity index (χ0v) is 11.7. The van der Waals surface area contributed by atoms with Crippen LogP contribution in [0.3, 0.4) is 0 Å². The molecule has 0 aliphatic heterocycles. The van der Waals surface area contributed by atoms with E-state index >= 15 is 0 Å². The molecule has 0 unspecified atom stereocenters. The summed E-state index contributed by atoms with van der Waals surface area (Å²) in [4.78, 5) is 12.8. The Morgan fingerprint density at radius 2 is 1.89 bits per heavy atom. The lowest BCUT2D eigenvalue weighted by Gasteiger charge is -2.36. The number of nitrogens with one attached hydrogen (secondary N) is 2. The second-order valence-electron chi connectivity index (χ2n) is 5.36. The van der Waals surface area contributed by atoms with E-state index in [1.54, 1.807) is 19.0 Å². The molecule has 0 heterocycles. The molecule has 1 fully saturated rings. The molecule has 0 spiro atoms. The van der Waals surface area contributed by atoms with Crippen molar-refractivity contribution < 1.29 is 4.79 Å². The summed E-state index contributed by atoms with van der Waals surface area (Å²) in [6.45, 7) is 1.52. The quantitative estimate of drug-likeness (QED) is 0.794. The largest absolute Gasteiger partial charge is 0.337 e. The molecule has 0 bridgehead atoms. The smallest absolute Gasteiger partial charge is 0.316 e. The molecule has 1 saturated carbocycles. The molecule has 2 amide bonds. The van der Waals surface area contributed by atoms with Crippen LogP contribution in [0, 0.1) is 0 Å². The van der Waals surface area contributed by atoms with Crippen molar-refractivity contribution >= 4 is 6.03 Å². The van der Waals surface area contributed by atoms with Crippen molar-refractivity contribution in [3.05, 3.63) is 35.9 Å². The van der Waals surface area contributed by atoms with E-state index < -0.39 is 0 Å². The van der Waals surface area contributed by atoms with Crippen LogP contribution in [0.1, 0.15) is 24.3 Å². The van der Waals surface area contributed by atoms with Gasteiger partial charge >= 0.3 is 6.03 Å². The van der Waals surface area contributed by atoms with E-state index in [2.05, 4.69) is 41.0 Å². The monoisotopic (exact) mass is 261 g/mol. The van der Waals surface area contributed by atoms with Crippen LogP contribution in [-0.2, 0) is 0 Å². The molecule has 4 nitrogen and oxygen atoms in total. The molecule has 0 radical (unpaired) electrons. The Kier molecular flexibility index (Phi) is 4.80. The van der Waals surface area contributed by atoms with Gasteiger partial charge in [-0.3, -0.25) is 0 Å². The SMILES string of the molecule is CN(C)C(=O)NCCNC1CC(c2ccccc2)C1. The van der Waals surface area contributed by atoms with Gasteiger partial charge in [0.2, 0.25) is 0 Å². The molecule has 1 aromatic rings. The van der Waals surface area contributed by atoms with E-state index in [-0.39, 0.29) is 6.03 Å². The first kappa shape index (κ1) is 13.9. The van der Waals surface area contributed by atoms with E-state index in [0.717, 1.165) is 6.54 Å². The number of benzene rings is 1. The summed E-state index contributed by atoms with van der Waals surface area (Å²) in [6.07, 6.45) is 2.40. The van der Waals surface area contributed by atoms with Gasteiger partial charge in [-0.25, -0.2) is 4.79 Å². The molecule has 2 N–H and O–H groups in total. The summed E-state index contributed by atoms with van der Waals surface area (Å²) in [6, 6.07) is 11.3. The number of amides is 2. The number of carbonyl (C=O) groups is 1. The average Bonchev–Trinajstić information content (AvgIpc) is 2.37. The van der Waals surface area contributed by atoms with E-state index in [9.17, 15) is 4.79 Å². The van der Waals surface area contributed by atoms with Crippen molar-refractivity contribution in [3.63, 3.8) is 0 Å². The lowest BCUT2D eigenvalue weighted by atomic mass is 9.76. The maximum Gasteiger partial charge on any atom is 0.316 e. The zero-order chi connectivity index (χ0) is 13.7. The van der Waals surface area contributed by atoms with E-state index in [1.165, 1.54) is 18.4 Å². The lowest BCUT2D eigenvalue weighted by Crippen LogP contribution is -2.44. The standard InChI is InChI=1S/C15H23N3O/c1-18(2)15(19)17-9-8-16-14-10-13(11-14)12-6-4-3-5-7-12/h3-7,13-14,16H,8-11H2,1-2H3,(H,17,19). The van der Waals surface area contributed by atoms with Crippen LogP contribution in [-0.4, -0.2) is 44.2 Å². The van der Waals surface area contributed by atoms with Crippen LogP contribution in [0.5, 0.6) is 0 Å². The first-order valence-corrected chi connectivity index (χ1v) is 6.90. The minimum Gasteiger partial charge on any atom is -0.337 e. The fourth-order valence-corrected chi connectivity index (χ4v) is 2.39. The molecule has 4 heteroatoms. The highest BCUT2D eigenvalue weighted by Gasteiger charge is 2.29. The molecule has 1 aliphatic rings. The summed E-state index contributed by atoms with van der Waals surface area (Å²) in [7, 11) is 3.50. The maximum atomic E-state index is 11.3. The normalized spacial score (nSPS) is 21.6. The van der Waals surface area contributed by atoms with E-state index in [0.29, 0.717) is 18.5 Å². The third-order valence-electron chi connectivity index (χ3n) is 3.65. The molecule has 0 aromatic heterocycles. The Labute approximate surface area is 115 Å². The molecule has 104 valence electrons. The predicted octanol–water partition coefficient (Wildman–Crippen LogP) is 1.79. The molecule has 2 rings (SSSR count). The number of rotatable bonds is 5. The number of nitrogens with zero attached hydrogens (tertiary/aromatic N) is 1. The molecule has 1 aliphatic carbocycles. The number of hydrogen-bond acceptors (Lipinski definition) is 2. The van der Waals surface area contributed by atoms with Crippen LogP contribution in [0.2, 0.25) is 0 Å². The second kappa shape index (κ2) is 6.57. The molecular weight excluding hydrogens is 238 g/mol. The Bertz CT molecular complexity index is 399. The highest BCUT2D eigenvalue weighted by atomic mass is 16.2. The first-order chi connectivity index (χ1) is 9.16. The van der Waals surface area contributed by atoms with Gasteiger partial charge in [0.05, 0.1) is 0 Å². The van der Waals surface area contributed by atoms with Gasteiger partial charge in [-0.2, -0.15) is 0 Å². The summed E-state index contributed by atoms with van der Waals surface area (Å²) in [5.41, 5.74) is 1.45. The minimum absolute atomic E-state index is 0.0300. The Balaban J connectivity index is 1.57. The van der Waals surface area contributed by atoms with Gasteiger partial charge in [0.25, 0.3) is 0 Å². The van der Waals surface area contributed by atoms with Crippen LogP contribution in [0.15, 0.2) is 30.3 Å². The summed E-state index contributed by atoms with van der Waals surface area (Å²) >= 11 is 0.